The minimum atomic E-state index is -3.76. The van der Waals surface area contributed by atoms with E-state index in [0.29, 0.717) is 37.3 Å². The molecule has 0 saturated carbocycles. The SMILES string of the molecule is CC(C)(C)OC(=O)N1CCC(OCc2noc(-c3ccc(S(N)(=O)=O)cc3)n2)CC1. The monoisotopic (exact) mass is 438 g/mol. The van der Waals surface area contributed by atoms with Crippen LogP contribution in [0.1, 0.15) is 39.4 Å². The fraction of sp³-hybridized carbons (Fsp3) is 0.526. The average Bonchev–Trinajstić information content (AvgIpc) is 3.14. The lowest BCUT2D eigenvalue weighted by Crippen LogP contribution is -2.43. The molecule has 3 rings (SSSR count). The number of piperidine rings is 1. The topological polar surface area (TPSA) is 138 Å². The first-order valence-electron chi connectivity index (χ1n) is 9.56. The molecule has 30 heavy (non-hydrogen) atoms. The van der Waals surface area contributed by atoms with Crippen LogP contribution in [0, 0.1) is 0 Å². The Labute approximate surface area is 175 Å². The van der Waals surface area contributed by atoms with Crippen LogP contribution in [0.3, 0.4) is 0 Å². The van der Waals surface area contributed by atoms with Crippen LogP contribution in [0.2, 0.25) is 0 Å². The normalized spacial score (nSPS) is 15.9. The molecule has 1 fully saturated rings. The molecule has 2 heterocycles. The number of likely N-dealkylation sites (tertiary alicyclic amines) is 1. The Morgan fingerprint density at radius 1 is 1.23 bits per heavy atom. The Bertz CT molecular complexity index is 973. The highest BCUT2D eigenvalue weighted by Crippen LogP contribution is 2.21. The molecular formula is C19H26N4O6S. The summed E-state index contributed by atoms with van der Waals surface area (Å²) in [6, 6.07) is 5.85. The fourth-order valence-electron chi connectivity index (χ4n) is 2.94. The van der Waals surface area contributed by atoms with Gasteiger partial charge in [0.2, 0.25) is 10.0 Å². The van der Waals surface area contributed by atoms with Crippen molar-refractivity contribution in [1.29, 1.82) is 0 Å². The highest BCUT2D eigenvalue weighted by Gasteiger charge is 2.27. The van der Waals surface area contributed by atoms with E-state index in [1.165, 1.54) is 12.1 Å². The molecule has 1 aliphatic rings. The molecule has 2 N–H and O–H groups in total. The Kier molecular flexibility index (Phi) is 6.44. The van der Waals surface area contributed by atoms with E-state index in [9.17, 15) is 13.2 Å². The summed E-state index contributed by atoms with van der Waals surface area (Å²) in [5.74, 6) is 0.643. The van der Waals surface area contributed by atoms with E-state index in [1.807, 2.05) is 20.8 Å². The first-order chi connectivity index (χ1) is 14.0. The van der Waals surface area contributed by atoms with Crippen molar-refractivity contribution in [2.75, 3.05) is 13.1 Å². The maximum absolute atomic E-state index is 12.1. The highest BCUT2D eigenvalue weighted by atomic mass is 32.2. The molecule has 0 unspecified atom stereocenters. The van der Waals surface area contributed by atoms with Gasteiger partial charge in [0.05, 0.1) is 11.0 Å². The summed E-state index contributed by atoms with van der Waals surface area (Å²) >= 11 is 0. The van der Waals surface area contributed by atoms with Crippen LogP contribution in [-0.4, -0.2) is 54.3 Å². The lowest BCUT2D eigenvalue weighted by Gasteiger charge is -2.33. The molecule has 1 aromatic heterocycles. The van der Waals surface area contributed by atoms with E-state index < -0.39 is 15.6 Å². The summed E-state index contributed by atoms with van der Waals surface area (Å²) in [5, 5.41) is 8.98. The minimum Gasteiger partial charge on any atom is -0.444 e. The molecule has 1 saturated heterocycles. The molecule has 0 aliphatic carbocycles. The zero-order chi connectivity index (χ0) is 21.9. The zero-order valence-corrected chi connectivity index (χ0v) is 18.0. The lowest BCUT2D eigenvalue weighted by atomic mass is 10.1. The summed E-state index contributed by atoms with van der Waals surface area (Å²) in [6.45, 7) is 6.83. The number of rotatable bonds is 5. The van der Waals surface area contributed by atoms with Crippen LogP contribution in [-0.2, 0) is 26.1 Å². The van der Waals surface area contributed by atoms with Crippen molar-refractivity contribution in [2.45, 2.75) is 56.8 Å². The summed E-state index contributed by atoms with van der Waals surface area (Å²) in [6.07, 6.45) is 1.06. The van der Waals surface area contributed by atoms with Gasteiger partial charge in [-0.3, -0.25) is 0 Å². The second-order valence-electron chi connectivity index (χ2n) is 8.06. The molecule has 10 nitrogen and oxygen atoms in total. The van der Waals surface area contributed by atoms with Crippen molar-refractivity contribution in [1.82, 2.24) is 15.0 Å². The number of hydrogen-bond acceptors (Lipinski definition) is 8. The predicted octanol–water partition coefficient (Wildman–Crippen LogP) is 2.30. The first-order valence-corrected chi connectivity index (χ1v) is 11.1. The number of ether oxygens (including phenoxy) is 2. The standard InChI is InChI=1S/C19H26N4O6S/c1-19(2,3)28-18(24)23-10-8-14(9-11-23)27-12-16-21-17(29-22-16)13-4-6-15(7-5-13)30(20,25)26/h4-7,14H,8-12H2,1-3H3,(H2,20,25,26). The van der Waals surface area contributed by atoms with E-state index in [0.717, 1.165) is 0 Å². The summed E-state index contributed by atoms with van der Waals surface area (Å²) in [5.41, 5.74) is 0.0615. The van der Waals surface area contributed by atoms with Gasteiger partial charge in [0.15, 0.2) is 5.82 Å². The molecular weight excluding hydrogens is 412 g/mol. The average molecular weight is 439 g/mol. The molecule has 1 aromatic carbocycles. The number of amides is 1. The number of nitrogens with two attached hydrogens (primary N) is 1. The van der Waals surface area contributed by atoms with Gasteiger partial charge < -0.3 is 18.9 Å². The van der Waals surface area contributed by atoms with Crippen molar-refractivity contribution in [3.05, 3.63) is 30.1 Å². The third-order valence-electron chi connectivity index (χ3n) is 4.44. The van der Waals surface area contributed by atoms with E-state index >= 15 is 0 Å². The number of benzene rings is 1. The number of nitrogens with zero attached hydrogens (tertiary/aromatic N) is 3. The summed E-state index contributed by atoms with van der Waals surface area (Å²) in [4.78, 5) is 18.1. The van der Waals surface area contributed by atoms with E-state index in [1.54, 1.807) is 17.0 Å². The van der Waals surface area contributed by atoms with Gasteiger partial charge in [-0.2, -0.15) is 4.98 Å². The number of hydrogen-bond donors (Lipinski definition) is 1. The van der Waals surface area contributed by atoms with Gasteiger partial charge in [-0.1, -0.05) is 5.16 Å². The second-order valence-corrected chi connectivity index (χ2v) is 9.62. The highest BCUT2D eigenvalue weighted by molar-refractivity contribution is 7.89. The molecule has 0 spiro atoms. The molecule has 0 atom stereocenters. The summed E-state index contributed by atoms with van der Waals surface area (Å²) in [7, 11) is -3.76. The third kappa shape index (κ3) is 6.00. The van der Waals surface area contributed by atoms with Crippen molar-refractivity contribution in [2.24, 2.45) is 5.14 Å². The van der Waals surface area contributed by atoms with Crippen molar-refractivity contribution in [3.8, 4) is 11.5 Å². The Morgan fingerprint density at radius 3 is 2.43 bits per heavy atom. The van der Waals surface area contributed by atoms with Gasteiger partial charge in [0.25, 0.3) is 5.89 Å². The first kappa shape index (κ1) is 22.2. The second kappa shape index (κ2) is 8.70. The molecule has 0 radical (unpaired) electrons. The lowest BCUT2D eigenvalue weighted by molar-refractivity contribution is -0.0190. The quantitative estimate of drug-likeness (QED) is 0.750. The molecule has 0 bridgehead atoms. The van der Waals surface area contributed by atoms with Crippen molar-refractivity contribution < 1.29 is 27.2 Å². The Hall–Kier alpha value is -2.50. The van der Waals surface area contributed by atoms with Gasteiger partial charge in [0, 0.05) is 18.7 Å². The van der Waals surface area contributed by atoms with Gasteiger partial charge in [-0.25, -0.2) is 18.4 Å². The molecule has 1 aliphatic heterocycles. The maximum Gasteiger partial charge on any atom is 0.410 e. The van der Waals surface area contributed by atoms with E-state index in [2.05, 4.69) is 10.1 Å². The van der Waals surface area contributed by atoms with Crippen LogP contribution in [0.4, 0.5) is 4.79 Å². The van der Waals surface area contributed by atoms with Gasteiger partial charge in [0.1, 0.15) is 12.2 Å². The van der Waals surface area contributed by atoms with E-state index in [4.69, 9.17) is 19.1 Å². The summed E-state index contributed by atoms with van der Waals surface area (Å²) < 4.78 is 39.1. The van der Waals surface area contributed by atoms with Gasteiger partial charge in [-0.15, -0.1) is 0 Å². The smallest absolute Gasteiger partial charge is 0.410 e. The molecule has 11 heteroatoms. The molecule has 164 valence electrons. The van der Waals surface area contributed by atoms with Crippen LogP contribution in [0.25, 0.3) is 11.5 Å². The Balaban J connectivity index is 1.49. The molecule has 1 amide bonds. The van der Waals surface area contributed by atoms with E-state index in [-0.39, 0.29) is 29.6 Å². The number of aromatic nitrogens is 2. The Morgan fingerprint density at radius 2 is 1.87 bits per heavy atom. The van der Waals surface area contributed by atoms with Gasteiger partial charge >= 0.3 is 6.09 Å². The third-order valence-corrected chi connectivity index (χ3v) is 5.37. The van der Waals surface area contributed by atoms with Crippen LogP contribution < -0.4 is 5.14 Å². The van der Waals surface area contributed by atoms with Crippen molar-refractivity contribution >= 4 is 16.1 Å². The predicted molar refractivity (Wildman–Crippen MR) is 107 cm³/mol. The number of carbonyl (C=O) groups is 1. The largest absolute Gasteiger partial charge is 0.444 e. The number of carbonyl (C=O) groups excluding carboxylic acids is 1. The van der Waals surface area contributed by atoms with Crippen LogP contribution in [0.15, 0.2) is 33.7 Å². The number of primary sulfonamides is 1. The zero-order valence-electron chi connectivity index (χ0n) is 17.2. The van der Waals surface area contributed by atoms with Crippen LogP contribution in [0.5, 0.6) is 0 Å². The maximum atomic E-state index is 12.1. The fourth-order valence-corrected chi connectivity index (χ4v) is 3.46. The minimum absolute atomic E-state index is 0.00652. The van der Waals surface area contributed by atoms with Gasteiger partial charge in [-0.05, 0) is 57.9 Å². The van der Waals surface area contributed by atoms with Crippen LogP contribution >= 0.6 is 0 Å². The molecule has 2 aromatic rings. The van der Waals surface area contributed by atoms with Crippen molar-refractivity contribution in [3.63, 3.8) is 0 Å². The number of sulfonamides is 1.